The minimum atomic E-state index is -4.37. The van der Waals surface area contributed by atoms with Crippen molar-refractivity contribution in [3.63, 3.8) is 0 Å². The molecule has 0 spiro atoms. The molecular formula is C22H31NO8S. The fourth-order valence-electron chi connectivity index (χ4n) is 3.73. The Labute approximate surface area is 188 Å². The summed E-state index contributed by atoms with van der Waals surface area (Å²) in [5.74, 6) is -5.64. The second kappa shape index (κ2) is 11.4. The highest BCUT2D eigenvalue weighted by molar-refractivity contribution is 7.89. The molecule has 0 radical (unpaired) electrons. The molecule has 2 atom stereocenters. The van der Waals surface area contributed by atoms with Gasteiger partial charge in [-0.2, -0.15) is 0 Å². The molecule has 1 aliphatic carbocycles. The average molecular weight is 470 g/mol. The van der Waals surface area contributed by atoms with Gasteiger partial charge in [-0.1, -0.05) is 37.0 Å². The number of benzene rings is 1. The minimum absolute atomic E-state index is 0.0896. The zero-order valence-electron chi connectivity index (χ0n) is 18.7. The highest BCUT2D eigenvalue weighted by Gasteiger charge is 2.48. The number of rotatable bonds is 9. The third kappa shape index (κ3) is 5.86. The zero-order valence-corrected chi connectivity index (χ0v) is 19.5. The van der Waals surface area contributed by atoms with E-state index in [-0.39, 0.29) is 18.1 Å². The van der Waals surface area contributed by atoms with Crippen molar-refractivity contribution in [2.45, 2.75) is 69.9 Å². The number of esters is 2. The van der Waals surface area contributed by atoms with Gasteiger partial charge in [0.15, 0.2) is 12.0 Å². The van der Waals surface area contributed by atoms with Crippen LogP contribution in [0.1, 0.15) is 51.5 Å². The van der Waals surface area contributed by atoms with E-state index >= 15 is 0 Å². The summed E-state index contributed by atoms with van der Waals surface area (Å²) in [6, 6.07) is 5.28. The van der Waals surface area contributed by atoms with Crippen LogP contribution in [0.4, 0.5) is 0 Å². The van der Waals surface area contributed by atoms with Gasteiger partial charge in [0.25, 0.3) is 15.9 Å². The van der Waals surface area contributed by atoms with Crippen molar-refractivity contribution < 1.29 is 37.4 Å². The van der Waals surface area contributed by atoms with E-state index in [2.05, 4.69) is 0 Å². The van der Waals surface area contributed by atoms with Gasteiger partial charge in [-0.25, -0.2) is 17.5 Å². The number of carbonyl (C=O) groups excluding carboxylic acids is 3. The molecule has 1 aromatic rings. The maximum atomic E-state index is 13.6. The Morgan fingerprint density at radius 2 is 1.53 bits per heavy atom. The third-order valence-corrected chi connectivity index (χ3v) is 7.22. The van der Waals surface area contributed by atoms with Crippen LogP contribution in [-0.2, 0) is 33.9 Å². The zero-order chi connectivity index (χ0) is 23.9. The Morgan fingerprint density at radius 1 is 1.00 bits per heavy atom. The number of aliphatic hydroxyl groups is 1. The van der Waals surface area contributed by atoms with Crippen molar-refractivity contribution in [2.24, 2.45) is 5.92 Å². The van der Waals surface area contributed by atoms with Crippen LogP contribution in [0.2, 0.25) is 0 Å². The molecular weight excluding hydrogens is 438 g/mol. The summed E-state index contributed by atoms with van der Waals surface area (Å²) in [5, 5.41) is 10.5. The summed E-state index contributed by atoms with van der Waals surface area (Å²) in [7, 11) is -4.37. The maximum Gasteiger partial charge on any atom is 0.336 e. The molecule has 0 aliphatic heterocycles. The van der Waals surface area contributed by atoms with Gasteiger partial charge in [-0.05, 0) is 45.7 Å². The van der Waals surface area contributed by atoms with Gasteiger partial charge >= 0.3 is 11.9 Å². The Morgan fingerprint density at radius 3 is 2.06 bits per heavy atom. The van der Waals surface area contributed by atoms with Gasteiger partial charge in [-0.15, -0.1) is 0 Å². The number of aliphatic hydroxyl groups excluding tert-OH is 1. The van der Waals surface area contributed by atoms with Gasteiger partial charge in [0.2, 0.25) is 0 Å². The van der Waals surface area contributed by atoms with Crippen LogP contribution in [0.25, 0.3) is 0 Å². The van der Waals surface area contributed by atoms with E-state index in [1.807, 2.05) is 0 Å². The summed E-state index contributed by atoms with van der Waals surface area (Å²) in [4.78, 5) is 38.2. The normalized spacial score (nSPS) is 16.6. The van der Waals surface area contributed by atoms with Gasteiger partial charge < -0.3 is 14.6 Å². The molecule has 1 fully saturated rings. The van der Waals surface area contributed by atoms with Crippen molar-refractivity contribution in [1.29, 1.82) is 0 Å². The molecule has 2 rings (SSSR count). The molecule has 1 N–H and O–H groups in total. The molecule has 10 heteroatoms. The second-order valence-electron chi connectivity index (χ2n) is 7.67. The second-order valence-corrected chi connectivity index (χ2v) is 9.49. The molecule has 0 heterocycles. The monoisotopic (exact) mass is 469 g/mol. The van der Waals surface area contributed by atoms with Crippen LogP contribution >= 0.6 is 0 Å². The number of carbonyl (C=O) groups is 3. The number of hydrogen-bond donors (Lipinski definition) is 1. The molecule has 1 amide bonds. The molecule has 1 aromatic carbocycles. The Hall–Kier alpha value is -2.46. The maximum absolute atomic E-state index is 13.6. The van der Waals surface area contributed by atoms with E-state index in [0.29, 0.717) is 30.0 Å². The van der Waals surface area contributed by atoms with E-state index in [1.54, 1.807) is 19.1 Å². The van der Waals surface area contributed by atoms with Gasteiger partial charge in [0.05, 0.1) is 18.1 Å². The molecule has 1 aliphatic rings. The number of aryl methyl sites for hydroxylation is 1. The van der Waals surface area contributed by atoms with Crippen LogP contribution in [0, 0.1) is 12.8 Å². The van der Waals surface area contributed by atoms with E-state index in [4.69, 9.17) is 9.47 Å². The lowest BCUT2D eigenvalue weighted by Crippen LogP contribution is -2.54. The van der Waals surface area contributed by atoms with Gasteiger partial charge in [-0.3, -0.25) is 9.59 Å². The first-order valence-corrected chi connectivity index (χ1v) is 12.2. The highest BCUT2D eigenvalue weighted by atomic mass is 32.2. The van der Waals surface area contributed by atoms with Crippen LogP contribution < -0.4 is 0 Å². The Kier molecular flexibility index (Phi) is 9.21. The molecule has 32 heavy (non-hydrogen) atoms. The number of sulfonamides is 1. The SMILES string of the molecule is CCOC(=O)C(O)C(C(=O)OCC)C(=O)N(C1CCCCC1)S(=O)(=O)c1ccc(C)cc1. The first-order valence-electron chi connectivity index (χ1n) is 10.8. The fraction of sp³-hybridized carbons (Fsp3) is 0.591. The van der Waals surface area contributed by atoms with Crippen molar-refractivity contribution in [1.82, 2.24) is 4.31 Å². The quantitative estimate of drug-likeness (QED) is 0.429. The number of ether oxygens (including phenoxy) is 2. The third-order valence-electron chi connectivity index (χ3n) is 5.35. The van der Waals surface area contributed by atoms with E-state index < -0.39 is 45.9 Å². The lowest BCUT2D eigenvalue weighted by Gasteiger charge is -2.35. The fourth-order valence-corrected chi connectivity index (χ4v) is 5.39. The largest absolute Gasteiger partial charge is 0.465 e. The lowest BCUT2D eigenvalue weighted by molar-refractivity contribution is -0.171. The van der Waals surface area contributed by atoms with Crippen LogP contribution in [-0.4, -0.2) is 61.0 Å². The first kappa shape index (κ1) is 25.8. The van der Waals surface area contributed by atoms with E-state index in [0.717, 1.165) is 12.0 Å². The number of hydrogen-bond acceptors (Lipinski definition) is 8. The summed E-state index contributed by atoms with van der Waals surface area (Å²) < 4.78 is 37.4. The van der Waals surface area contributed by atoms with Gasteiger partial charge in [0, 0.05) is 6.04 Å². The van der Waals surface area contributed by atoms with E-state index in [9.17, 15) is 27.9 Å². The Bertz CT molecular complexity index is 906. The lowest BCUT2D eigenvalue weighted by atomic mass is 9.94. The average Bonchev–Trinajstić information content (AvgIpc) is 2.75. The van der Waals surface area contributed by atoms with Crippen molar-refractivity contribution in [2.75, 3.05) is 13.2 Å². The van der Waals surface area contributed by atoms with Crippen molar-refractivity contribution in [3.05, 3.63) is 29.8 Å². The molecule has 178 valence electrons. The molecule has 0 bridgehead atoms. The number of nitrogens with zero attached hydrogens (tertiary/aromatic N) is 1. The molecule has 0 aromatic heterocycles. The molecule has 2 unspecified atom stereocenters. The minimum Gasteiger partial charge on any atom is -0.465 e. The topological polar surface area (TPSA) is 127 Å². The van der Waals surface area contributed by atoms with Crippen LogP contribution in [0.3, 0.4) is 0 Å². The Balaban J connectivity index is 2.55. The number of amides is 1. The smallest absolute Gasteiger partial charge is 0.336 e. The first-order chi connectivity index (χ1) is 15.1. The predicted molar refractivity (Wildman–Crippen MR) is 115 cm³/mol. The standard InChI is InChI=1S/C22H31NO8S/c1-4-30-21(26)18(19(24)22(27)31-5-2)20(25)23(16-9-7-6-8-10-16)32(28,29)17-13-11-15(3)12-14-17/h11-14,16,18-19,24H,4-10H2,1-3H3. The molecule has 9 nitrogen and oxygen atoms in total. The highest BCUT2D eigenvalue weighted by Crippen LogP contribution is 2.30. The van der Waals surface area contributed by atoms with Crippen LogP contribution in [0.5, 0.6) is 0 Å². The summed E-state index contributed by atoms with van der Waals surface area (Å²) in [6.45, 7) is 4.59. The van der Waals surface area contributed by atoms with E-state index in [1.165, 1.54) is 26.0 Å². The van der Waals surface area contributed by atoms with Crippen molar-refractivity contribution in [3.8, 4) is 0 Å². The molecule has 1 saturated carbocycles. The predicted octanol–water partition coefficient (Wildman–Crippen LogP) is 1.95. The summed E-state index contributed by atoms with van der Waals surface area (Å²) in [5.41, 5.74) is 0.835. The summed E-state index contributed by atoms with van der Waals surface area (Å²) in [6.07, 6.45) is 0.963. The van der Waals surface area contributed by atoms with Crippen molar-refractivity contribution >= 4 is 27.9 Å². The van der Waals surface area contributed by atoms with Crippen LogP contribution in [0.15, 0.2) is 29.2 Å². The molecule has 0 saturated heterocycles. The summed E-state index contributed by atoms with van der Waals surface area (Å²) >= 11 is 0. The van der Waals surface area contributed by atoms with Gasteiger partial charge in [0.1, 0.15) is 0 Å².